The van der Waals surface area contributed by atoms with E-state index in [0.717, 1.165) is 5.56 Å². The van der Waals surface area contributed by atoms with Crippen LogP contribution in [0.25, 0.3) is 6.08 Å². The Bertz CT molecular complexity index is 1290. The van der Waals surface area contributed by atoms with Crippen LogP contribution in [-0.2, 0) is 19.7 Å². The van der Waals surface area contributed by atoms with Crippen molar-refractivity contribution in [3.05, 3.63) is 95.1 Å². The molecule has 3 aromatic rings. The molecule has 0 amide bonds. The van der Waals surface area contributed by atoms with Crippen molar-refractivity contribution in [3.8, 4) is 23.3 Å². The summed E-state index contributed by atoms with van der Waals surface area (Å²) in [7, 11) is 2.61. The molecule has 7 nitrogen and oxygen atoms in total. The first kappa shape index (κ1) is 26.0. The predicted molar refractivity (Wildman–Crippen MR) is 135 cm³/mol. The van der Waals surface area contributed by atoms with Gasteiger partial charge in [-0.3, -0.25) is 0 Å². The summed E-state index contributed by atoms with van der Waals surface area (Å²) < 4.78 is 20.8. The SMILES string of the molecule is COC(=O)/C(C#N)=C/c1ccc(OC(=O)COc2ccc(C(C)(C)c3ccccc3)cc2)c(OC)c1. The molecule has 0 radical (unpaired) electrons. The molecular weight excluding hydrogens is 458 g/mol. The van der Waals surface area contributed by atoms with E-state index in [2.05, 4.69) is 30.7 Å². The van der Waals surface area contributed by atoms with Crippen LogP contribution in [0.2, 0.25) is 0 Å². The fourth-order valence-electron chi connectivity index (χ4n) is 3.56. The number of esters is 2. The Morgan fingerprint density at radius 2 is 1.58 bits per heavy atom. The van der Waals surface area contributed by atoms with Crippen molar-refractivity contribution >= 4 is 18.0 Å². The summed E-state index contributed by atoms with van der Waals surface area (Å²) >= 11 is 0. The van der Waals surface area contributed by atoms with Gasteiger partial charge in [-0.25, -0.2) is 9.59 Å². The maximum absolute atomic E-state index is 12.4. The fraction of sp³-hybridized carbons (Fsp3) is 0.207. The Morgan fingerprint density at radius 3 is 2.19 bits per heavy atom. The normalized spacial score (nSPS) is 11.2. The largest absolute Gasteiger partial charge is 0.493 e. The number of hydrogen-bond donors (Lipinski definition) is 0. The van der Waals surface area contributed by atoms with Crippen LogP contribution in [0.5, 0.6) is 17.2 Å². The van der Waals surface area contributed by atoms with Crippen molar-refractivity contribution in [2.24, 2.45) is 0 Å². The lowest BCUT2D eigenvalue weighted by Crippen LogP contribution is -2.19. The number of rotatable bonds is 9. The van der Waals surface area contributed by atoms with E-state index < -0.39 is 11.9 Å². The van der Waals surface area contributed by atoms with Gasteiger partial charge >= 0.3 is 11.9 Å². The smallest absolute Gasteiger partial charge is 0.349 e. The van der Waals surface area contributed by atoms with E-state index in [1.54, 1.807) is 12.1 Å². The molecule has 0 spiro atoms. The van der Waals surface area contributed by atoms with E-state index in [4.69, 9.17) is 19.5 Å². The Balaban J connectivity index is 1.63. The molecule has 0 heterocycles. The zero-order chi connectivity index (χ0) is 26.1. The first-order chi connectivity index (χ1) is 17.3. The number of nitrogens with zero attached hydrogens (tertiary/aromatic N) is 1. The van der Waals surface area contributed by atoms with Gasteiger partial charge in [-0.1, -0.05) is 62.4 Å². The highest BCUT2D eigenvalue weighted by atomic mass is 16.6. The number of benzene rings is 3. The number of hydrogen-bond acceptors (Lipinski definition) is 7. The van der Waals surface area contributed by atoms with E-state index in [0.29, 0.717) is 11.3 Å². The third kappa shape index (κ3) is 6.30. The maximum Gasteiger partial charge on any atom is 0.349 e. The molecule has 0 saturated carbocycles. The molecule has 7 heteroatoms. The van der Waals surface area contributed by atoms with Gasteiger partial charge in [0.25, 0.3) is 0 Å². The summed E-state index contributed by atoms with van der Waals surface area (Å²) in [5.74, 6) is -0.385. The van der Waals surface area contributed by atoms with Gasteiger partial charge in [0.2, 0.25) is 0 Å². The number of methoxy groups -OCH3 is 2. The number of ether oxygens (including phenoxy) is 4. The van der Waals surface area contributed by atoms with E-state index in [9.17, 15) is 9.59 Å². The first-order valence-electron chi connectivity index (χ1n) is 11.2. The van der Waals surface area contributed by atoms with E-state index in [-0.39, 0.29) is 29.1 Å². The molecule has 0 bridgehead atoms. The minimum absolute atomic E-state index is 0.170. The lowest BCUT2D eigenvalue weighted by atomic mass is 9.78. The molecule has 36 heavy (non-hydrogen) atoms. The van der Waals surface area contributed by atoms with Gasteiger partial charge in [0.15, 0.2) is 18.1 Å². The highest BCUT2D eigenvalue weighted by Gasteiger charge is 2.22. The predicted octanol–water partition coefficient (Wildman–Crippen LogP) is 5.09. The van der Waals surface area contributed by atoms with Gasteiger partial charge in [-0.05, 0) is 47.0 Å². The van der Waals surface area contributed by atoms with Crippen LogP contribution in [0.3, 0.4) is 0 Å². The summed E-state index contributed by atoms with van der Waals surface area (Å²) in [6, 6.07) is 24.2. The number of nitriles is 1. The summed E-state index contributed by atoms with van der Waals surface area (Å²) in [4.78, 5) is 24.0. The second kappa shape index (κ2) is 11.7. The standard InChI is InChI=1S/C29H27NO6/c1-29(2,22-8-6-5-7-9-22)23-11-13-24(14-12-23)35-19-27(31)36-25-15-10-20(17-26(25)33-3)16-21(18-30)28(32)34-4/h5-17H,19H2,1-4H3/b21-16+. The molecule has 0 aliphatic heterocycles. The molecule has 0 aliphatic rings. The fourth-order valence-corrected chi connectivity index (χ4v) is 3.56. The Labute approximate surface area is 210 Å². The van der Waals surface area contributed by atoms with Gasteiger partial charge < -0.3 is 18.9 Å². The van der Waals surface area contributed by atoms with E-state index in [1.807, 2.05) is 42.5 Å². The van der Waals surface area contributed by atoms with E-state index >= 15 is 0 Å². The van der Waals surface area contributed by atoms with Crippen molar-refractivity contribution < 1.29 is 28.5 Å². The Hall–Kier alpha value is -4.57. The second-order valence-corrected chi connectivity index (χ2v) is 8.35. The molecule has 3 aromatic carbocycles. The van der Waals surface area contributed by atoms with Crippen LogP contribution in [0.15, 0.2) is 78.4 Å². The van der Waals surface area contributed by atoms with Crippen molar-refractivity contribution in [1.82, 2.24) is 0 Å². The Kier molecular flexibility index (Phi) is 8.48. The summed E-state index contributed by atoms with van der Waals surface area (Å²) in [6.45, 7) is 4.01. The number of carbonyl (C=O) groups is 2. The van der Waals surface area contributed by atoms with E-state index in [1.165, 1.54) is 38.0 Å². The molecule has 3 rings (SSSR count). The van der Waals surface area contributed by atoms with Crippen molar-refractivity contribution in [3.63, 3.8) is 0 Å². The topological polar surface area (TPSA) is 94.9 Å². The zero-order valence-electron chi connectivity index (χ0n) is 20.6. The molecule has 0 aromatic heterocycles. The first-order valence-corrected chi connectivity index (χ1v) is 11.2. The summed E-state index contributed by atoms with van der Waals surface area (Å²) in [6.07, 6.45) is 1.35. The van der Waals surface area contributed by atoms with Gasteiger partial charge in [0.05, 0.1) is 14.2 Å². The quantitative estimate of drug-likeness (QED) is 0.180. The van der Waals surface area contributed by atoms with Crippen molar-refractivity contribution in [2.75, 3.05) is 20.8 Å². The molecule has 184 valence electrons. The molecule has 0 atom stereocenters. The van der Waals surface area contributed by atoms with Crippen LogP contribution in [0.1, 0.15) is 30.5 Å². The van der Waals surface area contributed by atoms with Gasteiger partial charge in [-0.15, -0.1) is 0 Å². The molecule has 0 aliphatic carbocycles. The third-order valence-corrected chi connectivity index (χ3v) is 5.68. The van der Waals surface area contributed by atoms with Crippen molar-refractivity contribution in [1.29, 1.82) is 5.26 Å². The highest BCUT2D eigenvalue weighted by molar-refractivity contribution is 5.97. The summed E-state index contributed by atoms with van der Waals surface area (Å²) in [5.41, 5.74) is 2.47. The molecule has 0 fully saturated rings. The third-order valence-electron chi connectivity index (χ3n) is 5.68. The molecule has 0 N–H and O–H groups in total. The van der Waals surface area contributed by atoms with Crippen LogP contribution in [-0.4, -0.2) is 32.8 Å². The minimum atomic E-state index is -0.749. The highest BCUT2D eigenvalue weighted by Crippen LogP contribution is 2.32. The lowest BCUT2D eigenvalue weighted by Gasteiger charge is -2.26. The van der Waals surface area contributed by atoms with Crippen LogP contribution >= 0.6 is 0 Å². The minimum Gasteiger partial charge on any atom is -0.493 e. The monoisotopic (exact) mass is 485 g/mol. The summed E-state index contributed by atoms with van der Waals surface area (Å²) in [5, 5.41) is 9.12. The lowest BCUT2D eigenvalue weighted by molar-refractivity contribution is -0.137. The van der Waals surface area contributed by atoms with Crippen LogP contribution in [0, 0.1) is 11.3 Å². The van der Waals surface area contributed by atoms with Crippen LogP contribution < -0.4 is 14.2 Å². The zero-order valence-corrected chi connectivity index (χ0v) is 20.6. The molecule has 0 saturated heterocycles. The maximum atomic E-state index is 12.4. The van der Waals surface area contributed by atoms with Gasteiger partial charge in [0, 0.05) is 5.41 Å². The van der Waals surface area contributed by atoms with Crippen LogP contribution in [0.4, 0.5) is 0 Å². The average molecular weight is 486 g/mol. The van der Waals surface area contributed by atoms with Crippen molar-refractivity contribution in [2.45, 2.75) is 19.3 Å². The molecular formula is C29H27NO6. The molecule has 0 unspecified atom stereocenters. The number of carbonyl (C=O) groups excluding carboxylic acids is 2. The van der Waals surface area contributed by atoms with Gasteiger partial charge in [-0.2, -0.15) is 5.26 Å². The average Bonchev–Trinajstić information content (AvgIpc) is 2.91. The Morgan fingerprint density at radius 1 is 0.917 bits per heavy atom. The second-order valence-electron chi connectivity index (χ2n) is 8.35. The van der Waals surface area contributed by atoms with Gasteiger partial charge in [0.1, 0.15) is 17.4 Å².